The first-order chi connectivity index (χ1) is 11.8. The number of benzene rings is 1. The van der Waals surface area contributed by atoms with Gasteiger partial charge in [0.2, 0.25) is 0 Å². The van der Waals surface area contributed by atoms with Crippen molar-refractivity contribution in [2.45, 2.75) is 43.9 Å². The number of alkyl halides is 3. The van der Waals surface area contributed by atoms with Crippen molar-refractivity contribution in [3.05, 3.63) is 52.8 Å². The largest absolute Gasteiger partial charge is 0.416 e. The minimum Gasteiger partial charge on any atom is -0.349 e. The van der Waals surface area contributed by atoms with Crippen LogP contribution >= 0.6 is 11.6 Å². The second-order valence-corrected chi connectivity index (χ2v) is 6.56. The standard InChI is InChI=1S/C17H17ClF3N3O/c18-15-7-2-11(17(19,20)21)10-14(15)16(25)23-12-3-5-13(6-4-12)24-9-1-8-22-24/h1-2,7-10,12-13H,3-6H2,(H,23,25). The van der Waals surface area contributed by atoms with Crippen LogP contribution in [0.25, 0.3) is 0 Å². The molecule has 0 unspecified atom stereocenters. The van der Waals surface area contributed by atoms with Crippen molar-refractivity contribution < 1.29 is 18.0 Å². The molecule has 1 amide bonds. The molecular weight excluding hydrogens is 355 g/mol. The molecule has 1 aliphatic rings. The van der Waals surface area contributed by atoms with E-state index in [4.69, 9.17) is 11.6 Å². The maximum Gasteiger partial charge on any atom is 0.416 e. The Bertz CT molecular complexity index is 738. The minimum atomic E-state index is -4.51. The van der Waals surface area contributed by atoms with Gasteiger partial charge in [-0.2, -0.15) is 18.3 Å². The van der Waals surface area contributed by atoms with E-state index in [1.54, 1.807) is 6.20 Å². The van der Waals surface area contributed by atoms with Gasteiger partial charge in [0.15, 0.2) is 0 Å². The molecule has 1 aromatic carbocycles. The number of amides is 1. The molecule has 0 aliphatic heterocycles. The summed E-state index contributed by atoms with van der Waals surface area (Å²) < 4.78 is 40.4. The molecule has 0 atom stereocenters. The molecule has 8 heteroatoms. The summed E-state index contributed by atoms with van der Waals surface area (Å²) in [6.45, 7) is 0. The van der Waals surface area contributed by atoms with Crippen molar-refractivity contribution in [3.8, 4) is 0 Å². The zero-order chi connectivity index (χ0) is 18.0. The van der Waals surface area contributed by atoms with Gasteiger partial charge in [0.1, 0.15) is 0 Å². The van der Waals surface area contributed by atoms with Crippen molar-refractivity contribution in [1.29, 1.82) is 0 Å². The third-order valence-electron chi connectivity index (χ3n) is 4.47. The van der Waals surface area contributed by atoms with Crippen LogP contribution in [0.4, 0.5) is 13.2 Å². The van der Waals surface area contributed by atoms with E-state index < -0.39 is 17.6 Å². The lowest BCUT2D eigenvalue weighted by Gasteiger charge is -2.29. The summed E-state index contributed by atoms with van der Waals surface area (Å²) in [5, 5.41) is 7.03. The van der Waals surface area contributed by atoms with Crippen LogP contribution in [0.2, 0.25) is 5.02 Å². The maximum atomic E-state index is 12.8. The fourth-order valence-corrected chi connectivity index (χ4v) is 3.32. The zero-order valence-electron chi connectivity index (χ0n) is 13.3. The average molecular weight is 372 g/mol. The Morgan fingerprint density at radius 3 is 2.56 bits per heavy atom. The van der Waals surface area contributed by atoms with E-state index in [0.29, 0.717) is 6.04 Å². The van der Waals surface area contributed by atoms with E-state index in [2.05, 4.69) is 10.4 Å². The number of carbonyl (C=O) groups is 1. The average Bonchev–Trinajstić information content (AvgIpc) is 3.09. The molecule has 0 bridgehead atoms. The lowest BCUT2D eigenvalue weighted by Crippen LogP contribution is -2.38. The van der Waals surface area contributed by atoms with E-state index in [-0.39, 0.29) is 16.6 Å². The van der Waals surface area contributed by atoms with Crippen LogP contribution in [0.1, 0.15) is 47.6 Å². The SMILES string of the molecule is O=C(NC1CCC(n2cccn2)CC1)c1cc(C(F)(F)F)ccc1Cl. The molecule has 1 heterocycles. The summed E-state index contributed by atoms with van der Waals surface area (Å²) in [4.78, 5) is 12.3. The first-order valence-corrected chi connectivity index (χ1v) is 8.39. The van der Waals surface area contributed by atoms with Gasteiger partial charge in [-0.3, -0.25) is 9.48 Å². The highest BCUT2D eigenvalue weighted by atomic mass is 35.5. The Kier molecular flexibility index (Phi) is 5.03. The highest BCUT2D eigenvalue weighted by Gasteiger charge is 2.32. The van der Waals surface area contributed by atoms with Crippen LogP contribution in [0.15, 0.2) is 36.7 Å². The van der Waals surface area contributed by atoms with Gasteiger partial charge in [0, 0.05) is 18.4 Å². The van der Waals surface area contributed by atoms with Gasteiger partial charge >= 0.3 is 6.18 Å². The van der Waals surface area contributed by atoms with E-state index in [0.717, 1.165) is 43.9 Å². The molecule has 4 nitrogen and oxygen atoms in total. The molecule has 2 aromatic rings. The molecule has 25 heavy (non-hydrogen) atoms. The van der Waals surface area contributed by atoms with Gasteiger partial charge in [-0.1, -0.05) is 11.6 Å². The third-order valence-corrected chi connectivity index (χ3v) is 4.80. The number of hydrogen-bond acceptors (Lipinski definition) is 2. The van der Waals surface area contributed by atoms with Crippen LogP contribution in [0.3, 0.4) is 0 Å². The van der Waals surface area contributed by atoms with Crippen LogP contribution in [0.5, 0.6) is 0 Å². The van der Waals surface area contributed by atoms with Gasteiger partial charge in [0.05, 0.1) is 22.2 Å². The Balaban J connectivity index is 1.63. The molecule has 0 radical (unpaired) electrons. The molecule has 0 spiro atoms. The number of aromatic nitrogens is 2. The minimum absolute atomic E-state index is 0.00993. The molecule has 1 fully saturated rings. The van der Waals surface area contributed by atoms with Gasteiger partial charge in [0.25, 0.3) is 5.91 Å². The van der Waals surface area contributed by atoms with Crippen molar-refractivity contribution >= 4 is 17.5 Å². The quantitative estimate of drug-likeness (QED) is 0.865. The Hall–Kier alpha value is -2.02. The fraction of sp³-hybridized carbons (Fsp3) is 0.412. The predicted octanol–water partition coefficient (Wildman–Crippen LogP) is 4.47. The lowest BCUT2D eigenvalue weighted by atomic mass is 9.91. The highest BCUT2D eigenvalue weighted by molar-refractivity contribution is 6.33. The molecule has 1 saturated carbocycles. The summed E-state index contributed by atoms with van der Waals surface area (Å²) in [5.41, 5.74) is -1.03. The lowest BCUT2D eigenvalue weighted by molar-refractivity contribution is -0.137. The number of nitrogens with zero attached hydrogens (tertiary/aromatic N) is 2. The van der Waals surface area contributed by atoms with Gasteiger partial charge in [-0.25, -0.2) is 0 Å². The summed E-state index contributed by atoms with van der Waals surface area (Å²) in [6, 6.07) is 4.85. The molecule has 3 rings (SSSR count). The molecule has 1 aliphatic carbocycles. The zero-order valence-corrected chi connectivity index (χ0v) is 14.0. The third kappa shape index (κ3) is 4.15. The second-order valence-electron chi connectivity index (χ2n) is 6.16. The van der Waals surface area contributed by atoms with Crippen molar-refractivity contribution in [3.63, 3.8) is 0 Å². The Labute approximate surface area is 148 Å². The summed E-state index contributed by atoms with van der Waals surface area (Å²) in [7, 11) is 0. The number of hydrogen-bond donors (Lipinski definition) is 1. The van der Waals surface area contributed by atoms with E-state index in [1.165, 1.54) is 0 Å². The summed E-state index contributed by atoms with van der Waals surface area (Å²) in [6.07, 6.45) is 2.31. The summed E-state index contributed by atoms with van der Waals surface area (Å²) >= 11 is 5.91. The van der Waals surface area contributed by atoms with Gasteiger partial charge in [-0.15, -0.1) is 0 Å². The van der Waals surface area contributed by atoms with Crippen molar-refractivity contribution in [2.75, 3.05) is 0 Å². The Morgan fingerprint density at radius 2 is 1.96 bits per heavy atom. The Morgan fingerprint density at radius 1 is 1.24 bits per heavy atom. The monoisotopic (exact) mass is 371 g/mol. The van der Waals surface area contributed by atoms with E-state index in [1.807, 2.05) is 16.9 Å². The van der Waals surface area contributed by atoms with Gasteiger partial charge in [-0.05, 0) is 49.9 Å². The van der Waals surface area contributed by atoms with Crippen LogP contribution < -0.4 is 5.32 Å². The topological polar surface area (TPSA) is 46.9 Å². The number of rotatable bonds is 3. The predicted molar refractivity (Wildman–Crippen MR) is 87.4 cm³/mol. The first kappa shape index (κ1) is 17.8. The first-order valence-electron chi connectivity index (χ1n) is 8.01. The second kappa shape index (κ2) is 7.07. The molecular formula is C17H17ClF3N3O. The molecule has 0 saturated heterocycles. The normalized spacial score (nSPS) is 21.1. The molecule has 134 valence electrons. The molecule has 1 N–H and O–H groups in total. The fourth-order valence-electron chi connectivity index (χ4n) is 3.12. The smallest absolute Gasteiger partial charge is 0.349 e. The van der Waals surface area contributed by atoms with Crippen molar-refractivity contribution in [1.82, 2.24) is 15.1 Å². The van der Waals surface area contributed by atoms with Crippen LogP contribution in [0, 0.1) is 0 Å². The number of halogens is 4. The van der Waals surface area contributed by atoms with Crippen molar-refractivity contribution in [2.24, 2.45) is 0 Å². The number of carbonyl (C=O) groups excluding carboxylic acids is 1. The van der Waals surface area contributed by atoms with E-state index in [9.17, 15) is 18.0 Å². The highest BCUT2D eigenvalue weighted by Crippen LogP contribution is 2.32. The van der Waals surface area contributed by atoms with E-state index >= 15 is 0 Å². The van der Waals surface area contributed by atoms with Crippen LogP contribution in [-0.2, 0) is 6.18 Å². The number of nitrogens with one attached hydrogen (secondary N) is 1. The summed E-state index contributed by atoms with van der Waals surface area (Å²) in [5.74, 6) is -0.571. The molecule has 1 aromatic heterocycles. The maximum absolute atomic E-state index is 12.8. The van der Waals surface area contributed by atoms with Crippen LogP contribution in [-0.4, -0.2) is 21.7 Å². The van der Waals surface area contributed by atoms with Gasteiger partial charge < -0.3 is 5.32 Å².